The Kier molecular flexibility index (Phi) is 4.47. The van der Waals surface area contributed by atoms with Gasteiger partial charge >= 0.3 is 0 Å². The van der Waals surface area contributed by atoms with Crippen LogP contribution in [0.5, 0.6) is 17.2 Å². The van der Waals surface area contributed by atoms with Gasteiger partial charge in [0.1, 0.15) is 19.0 Å². The number of nitrogens with zero attached hydrogens (tertiary/aromatic N) is 1. The molecule has 6 nitrogen and oxygen atoms in total. The van der Waals surface area contributed by atoms with E-state index in [4.69, 9.17) is 9.47 Å². The van der Waals surface area contributed by atoms with Crippen LogP contribution in [0.25, 0.3) is 0 Å². The molecule has 0 spiro atoms. The van der Waals surface area contributed by atoms with Crippen LogP contribution in [0.1, 0.15) is 15.9 Å². The number of ether oxygens (including phenoxy) is 2. The highest BCUT2D eigenvalue weighted by Crippen LogP contribution is 2.30. The molecule has 0 aromatic heterocycles. The second-order valence-corrected chi connectivity index (χ2v) is 5.62. The minimum atomic E-state index is -0.351. The molecule has 118 valence electrons. The number of amides is 1. The fraction of sp³-hybridized carbons (Fsp3) is 0.125. The van der Waals surface area contributed by atoms with Crippen LogP contribution in [-0.4, -0.2) is 30.4 Å². The number of fused-ring (bicyclic) bond motifs is 1. The van der Waals surface area contributed by atoms with Crippen molar-refractivity contribution in [1.29, 1.82) is 0 Å². The van der Waals surface area contributed by atoms with Gasteiger partial charge in [-0.25, -0.2) is 5.43 Å². The van der Waals surface area contributed by atoms with E-state index in [2.05, 4.69) is 26.5 Å². The highest BCUT2D eigenvalue weighted by molar-refractivity contribution is 9.10. The maximum Gasteiger partial charge on any atom is 0.271 e. The lowest BCUT2D eigenvalue weighted by atomic mass is 10.2. The quantitative estimate of drug-likeness (QED) is 0.637. The summed E-state index contributed by atoms with van der Waals surface area (Å²) in [5.41, 5.74) is 3.61. The molecule has 0 unspecified atom stereocenters. The Balaban J connectivity index is 1.67. The maximum absolute atomic E-state index is 12.1. The maximum atomic E-state index is 12.1. The third kappa shape index (κ3) is 3.62. The Morgan fingerprint density at radius 3 is 2.74 bits per heavy atom. The summed E-state index contributed by atoms with van der Waals surface area (Å²) in [5, 5.41) is 13.3. The summed E-state index contributed by atoms with van der Waals surface area (Å²) in [6.07, 6.45) is 1.49. The fourth-order valence-corrected chi connectivity index (χ4v) is 2.41. The Hall–Kier alpha value is -2.54. The van der Waals surface area contributed by atoms with Gasteiger partial charge in [0.25, 0.3) is 5.91 Å². The van der Waals surface area contributed by atoms with Gasteiger partial charge in [0.05, 0.1) is 10.7 Å². The zero-order valence-corrected chi connectivity index (χ0v) is 13.5. The van der Waals surface area contributed by atoms with Crippen LogP contribution in [0, 0.1) is 0 Å². The number of phenols is 1. The molecule has 0 atom stereocenters. The molecule has 1 heterocycles. The standard InChI is InChI=1S/C16H13BrN2O4/c17-12-7-10(1-3-13(12)20)9-18-19-16(21)11-2-4-14-15(8-11)23-6-5-22-14/h1-4,7-9,20H,5-6H2,(H,19,21). The summed E-state index contributed by atoms with van der Waals surface area (Å²) in [6.45, 7) is 0.969. The number of hydrazone groups is 1. The summed E-state index contributed by atoms with van der Waals surface area (Å²) < 4.78 is 11.4. The van der Waals surface area contributed by atoms with Crippen molar-refractivity contribution in [1.82, 2.24) is 5.43 Å². The zero-order valence-electron chi connectivity index (χ0n) is 12.0. The van der Waals surface area contributed by atoms with Crippen molar-refractivity contribution in [2.75, 3.05) is 13.2 Å². The van der Waals surface area contributed by atoms with Crippen LogP contribution in [0.15, 0.2) is 46.0 Å². The fourth-order valence-electron chi connectivity index (χ4n) is 2.02. The molecule has 0 fully saturated rings. The average molecular weight is 377 g/mol. The molecular formula is C16H13BrN2O4. The molecule has 0 saturated carbocycles. The van der Waals surface area contributed by atoms with Crippen molar-refractivity contribution in [2.45, 2.75) is 0 Å². The largest absolute Gasteiger partial charge is 0.507 e. The van der Waals surface area contributed by atoms with Crippen molar-refractivity contribution >= 4 is 28.1 Å². The number of benzene rings is 2. The summed E-state index contributed by atoms with van der Waals surface area (Å²) in [5.74, 6) is 0.971. The predicted octanol–water partition coefficient (Wildman–Crippen LogP) is 2.69. The number of rotatable bonds is 3. The molecule has 0 saturated heterocycles. The average Bonchev–Trinajstić information content (AvgIpc) is 2.57. The molecule has 0 bridgehead atoms. The number of hydrogen-bond acceptors (Lipinski definition) is 5. The van der Waals surface area contributed by atoms with Crippen molar-refractivity contribution in [3.63, 3.8) is 0 Å². The first-order valence-corrected chi connectivity index (χ1v) is 7.64. The molecular weight excluding hydrogens is 364 g/mol. The van der Waals surface area contributed by atoms with E-state index >= 15 is 0 Å². The zero-order chi connectivity index (χ0) is 16.2. The lowest BCUT2D eigenvalue weighted by Crippen LogP contribution is -2.19. The van der Waals surface area contributed by atoms with Crippen LogP contribution in [0.3, 0.4) is 0 Å². The van der Waals surface area contributed by atoms with Gasteiger partial charge in [-0.1, -0.05) is 0 Å². The van der Waals surface area contributed by atoms with Gasteiger partial charge in [0, 0.05) is 5.56 Å². The van der Waals surface area contributed by atoms with E-state index < -0.39 is 0 Å². The Morgan fingerprint density at radius 1 is 1.17 bits per heavy atom. The van der Waals surface area contributed by atoms with Crippen molar-refractivity contribution < 1.29 is 19.4 Å². The van der Waals surface area contributed by atoms with E-state index in [9.17, 15) is 9.90 Å². The van der Waals surface area contributed by atoms with E-state index in [0.717, 1.165) is 5.56 Å². The normalized spacial score (nSPS) is 13.1. The molecule has 0 radical (unpaired) electrons. The van der Waals surface area contributed by atoms with Crippen molar-refractivity contribution in [3.8, 4) is 17.2 Å². The molecule has 7 heteroatoms. The van der Waals surface area contributed by atoms with E-state index in [-0.39, 0.29) is 11.7 Å². The number of halogens is 1. The van der Waals surface area contributed by atoms with E-state index in [1.807, 2.05) is 0 Å². The smallest absolute Gasteiger partial charge is 0.271 e. The molecule has 23 heavy (non-hydrogen) atoms. The Morgan fingerprint density at radius 2 is 1.96 bits per heavy atom. The first-order chi connectivity index (χ1) is 11.1. The summed E-state index contributed by atoms with van der Waals surface area (Å²) >= 11 is 3.21. The minimum absolute atomic E-state index is 0.141. The third-order valence-electron chi connectivity index (χ3n) is 3.16. The molecule has 1 amide bonds. The second kappa shape index (κ2) is 6.70. The molecule has 0 aliphatic carbocycles. The Bertz CT molecular complexity index is 777. The monoisotopic (exact) mass is 376 g/mol. The number of nitrogens with one attached hydrogen (secondary N) is 1. The Labute approximate surface area is 140 Å². The number of hydrogen-bond donors (Lipinski definition) is 2. The number of aromatic hydroxyl groups is 1. The van der Waals surface area contributed by atoms with Gasteiger partial charge in [0.15, 0.2) is 11.5 Å². The van der Waals surface area contributed by atoms with Crippen LogP contribution >= 0.6 is 15.9 Å². The molecule has 2 N–H and O–H groups in total. The molecule has 1 aliphatic rings. The lowest BCUT2D eigenvalue weighted by Gasteiger charge is -2.18. The first-order valence-electron chi connectivity index (χ1n) is 6.85. The number of carbonyl (C=O) groups excluding carboxylic acids is 1. The lowest BCUT2D eigenvalue weighted by molar-refractivity contribution is 0.0954. The van der Waals surface area contributed by atoms with Gasteiger partial charge in [-0.3, -0.25) is 4.79 Å². The number of phenolic OH excluding ortho intramolecular Hbond substituents is 1. The minimum Gasteiger partial charge on any atom is -0.507 e. The second-order valence-electron chi connectivity index (χ2n) is 4.77. The summed E-state index contributed by atoms with van der Waals surface area (Å²) in [6, 6.07) is 9.87. The van der Waals surface area contributed by atoms with Crippen molar-refractivity contribution in [2.24, 2.45) is 5.10 Å². The van der Waals surface area contributed by atoms with Gasteiger partial charge in [-0.2, -0.15) is 5.10 Å². The van der Waals surface area contributed by atoms with Crippen LogP contribution in [-0.2, 0) is 0 Å². The van der Waals surface area contributed by atoms with Crippen molar-refractivity contribution in [3.05, 3.63) is 52.0 Å². The summed E-state index contributed by atoms with van der Waals surface area (Å²) in [4.78, 5) is 12.1. The molecule has 3 rings (SSSR count). The first kappa shape index (κ1) is 15.4. The molecule has 1 aliphatic heterocycles. The number of carbonyl (C=O) groups is 1. The summed E-state index contributed by atoms with van der Waals surface area (Å²) in [7, 11) is 0. The highest BCUT2D eigenvalue weighted by Gasteiger charge is 2.14. The van der Waals surface area contributed by atoms with E-state index in [0.29, 0.717) is 34.7 Å². The van der Waals surface area contributed by atoms with Crippen LogP contribution < -0.4 is 14.9 Å². The third-order valence-corrected chi connectivity index (χ3v) is 3.79. The topological polar surface area (TPSA) is 80.2 Å². The SMILES string of the molecule is O=C(NN=Cc1ccc(O)c(Br)c1)c1ccc2c(c1)OCCO2. The van der Waals surface area contributed by atoms with E-state index in [1.54, 1.807) is 30.3 Å². The van der Waals surface area contributed by atoms with Gasteiger partial charge in [0.2, 0.25) is 0 Å². The van der Waals surface area contributed by atoms with Gasteiger partial charge in [-0.05, 0) is 57.9 Å². The van der Waals surface area contributed by atoms with E-state index in [1.165, 1.54) is 12.3 Å². The van der Waals surface area contributed by atoms with Gasteiger partial charge < -0.3 is 14.6 Å². The van der Waals surface area contributed by atoms with Crippen LogP contribution in [0.2, 0.25) is 0 Å². The van der Waals surface area contributed by atoms with Gasteiger partial charge in [-0.15, -0.1) is 0 Å². The van der Waals surface area contributed by atoms with Crippen LogP contribution in [0.4, 0.5) is 0 Å². The highest BCUT2D eigenvalue weighted by atomic mass is 79.9. The molecule has 2 aromatic rings. The predicted molar refractivity (Wildman–Crippen MR) is 88.3 cm³/mol. The molecule has 2 aromatic carbocycles.